The van der Waals surface area contributed by atoms with E-state index in [0.29, 0.717) is 11.3 Å². The fourth-order valence-electron chi connectivity index (χ4n) is 1.54. The smallest absolute Gasteiger partial charge is 0.267 e. The molecule has 0 aromatic heterocycles. The van der Waals surface area contributed by atoms with Crippen LogP contribution in [-0.2, 0) is 0 Å². The topological polar surface area (TPSA) is 41.5 Å². The van der Waals surface area contributed by atoms with Crippen molar-refractivity contribution in [3.63, 3.8) is 0 Å². The first-order chi connectivity index (χ1) is 9.16. The number of rotatable bonds is 3. The normalized spacial score (nSPS) is 11.2. The SMILES string of the molecule is C/C(=N/NC(=O)c1ccccc1)c1ccc(F)cc1. The summed E-state index contributed by atoms with van der Waals surface area (Å²) in [6.07, 6.45) is 0. The molecule has 96 valence electrons. The molecule has 3 nitrogen and oxygen atoms in total. The number of amides is 1. The molecular formula is C15H13FN2O. The summed E-state index contributed by atoms with van der Waals surface area (Å²) in [5.74, 6) is -0.577. The van der Waals surface area contributed by atoms with Gasteiger partial charge in [-0.3, -0.25) is 4.79 Å². The van der Waals surface area contributed by atoms with Crippen molar-refractivity contribution >= 4 is 11.6 Å². The zero-order chi connectivity index (χ0) is 13.7. The zero-order valence-corrected chi connectivity index (χ0v) is 10.4. The quantitative estimate of drug-likeness (QED) is 0.665. The summed E-state index contributed by atoms with van der Waals surface area (Å²) in [6, 6.07) is 14.8. The molecule has 1 amide bonds. The van der Waals surface area contributed by atoms with E-state index in [1.54, 1.807) is 43.3 Å². The van der Waals surface area contributed by atoms with E-state index >= 15 is 0 Å². The van der Waals surface area contributed by atoms with Crippen LogP contribution in [0.5, 0.6) is 0 Å². The van der Waals surface area contributed by atoms with E-state index < -0.39 is 0 Å². The third kappa shape index (κ3) is 3.48. The van der Waals surface area contributed by atoms with E-state index in [-0.39, 0.29) is 11.7 Å². The highest BCUT2D eigenvalue weighted by atomic mass is 19.1. The molecule has 2 aromatic rings. The standard InChI is InChI=1S/C15H13FN2O/c1-11(12-7-9-14(16)10-8-12)17-18-15(19)13-5-3-2-4-6-13/h2-10H,1H3,(H,18,19)/b17-11-. The van der Waals surface area contributed by atoms with Crippen LogP contribution in [0.4, 0.5) is 4.39 Å². The summed E-state index contributed by atoms with van der Waals surface area (Å²) in [6.45, 7) is 1.75. The third-order valence-electron chi connectivity index (χ3n) is 2.62. The van der Waals surface area contributed by atoms with Crippen LogP contribution in [0.1, 0.15) is 22.8 Å². The van der Waals surface area contributed by atoms with E-state index in [1.807, 2.05) is 6.07 Å². The van der Waals surface area contributed by atoms with Gasteiger partial charge in [-0.1, -0.05) is 30.3 Å². The highest BCUT2D eigenvalue weighted by molar-refractivity contribution is 6.00. The summed E-state index contributed by atoms with van der Waals surface area (Å²) in [5.41, 5.74) is 4.38. The van der Waals surface area contributed by atoms with E-state index in [2.05, 4.69) is 10.5 Å². The Bertz CT molecular complexity index is 591. The second-order valence-electron chi connectivity index (χ2n) is 4.01. The number of carbonyl (C=O) groups excluding carboxylic acids is 1. The van der Waals surface area contributed by atoms with Crippen molar-refractivity contribution in [3.05, 3.63) is 71.5 Å². The van der Waals surface area contributed by atoms with E-state index in [9.17, 15) is 9.18 Å². The van der Waals surface area contributed by atoms with Crippen molar-refractivity contribution in [3.8, 4) is 0 Å². The van der Waals surface area contributed by atoms with Gasteiger partial charge in [-0.15, -0.1) is 0 Å². The largest absolute Gasteiger partial charge is 0.271 e. The molecule has 19 heavy (non-hydrogen) atoms. The van der Waals surface area contributed by atoms with Crippen LogP contribution in [0.3, 0.4) is 0 Å². The van der Waals surface area contributed by atoms with E-state index in [4.69, 9.17) is 0 Å². The molecule has 0 unspecified atom stereocenters. The summed E-state index contributed by atoms with van der Waals surface area (Å²) in [5, 5.41) is 4.00. The molecule has 0 spiro atoms. The molecule has 0 fully saturated rings. The lowest BCUT2D eigenvalue weighted by atomic mass is 10.1. The van der Waals surface area contributed by atoms with E-state index in [0.717, 1.165) is 5.56 Å². The Morgan fingerprint density at radius 2 is 1.63 bits per heavy atom. The first kappa shape index (κ1) is 13.0. The molecule has 2 aromatic carbocycles. The minimum absolute atomic E-state index is 0.276. The number of hydrogen-bond acceptors (Lipinski definition) is 2. The molecule has 0 atom stereocenters. The van der Waals surface area contributed by atoms with Crippen molar-refractivity contribution < 1.29 is 9.18 Å². The molecule has 0 aliphatic rings. The van der Waals surface area contributed by atoms with Crippen LogP contribution in [0, 0.1) is 5.82 Å². The Kier molecular flexibility index (Phi) is 4.03. The fraction of sp³-hybridized carbons (Fsp3) is 0.0667. The van der Waals surface area contributed by atoms with Crippen LogP contribution in [0.2, 0.25) is 0 Å². The second-order valence-corrected chi connectivity index (χ2v) is 4.01. The number of hydrazone groups is 1. The first-order valence-electron chi connectivity index (χ1n) is 5.82. The van der Waals surface area contributed by atoms with Gasteiger partial charge in [0, 0.05) is 5.56 Å². The summed E-state index contributed by atoms with van der Waals surface area (Å²) < 4.78 is 12.8. The molecule has 0 radical (unpaired) electrons. The Balaban J connectivity index is 2.06. The molecule has 0 aliphatic carbocycles. The van der Waals surface area contributed by atoms with Gasteiger partial charge in [0.15, 0.2) is 0 Å². The molecule has 1 N–H and O–H groups in total. The minimum atomic E-state index is -0.301. The maximum atomic E-state index is 12.8. The number of benzene rings is 2. The number of nitrogens with one attached hydrogen (secondary N) is 1. The van der Waals surface area contributed by atoms with Crippen LogP contribution in [0.25, 0.3) is 0 Å². The molecule has 0 heterocycles. The third-order valence-corrected chi connectivity index (χ3v) is 2.62. The molecule has 0 aliphatic heterocycles. The monoisotopic (exact) mass is 256 g/mol. The van der Waals surface area contributed by atoms with Gasteiger partial charge in [-0.2, -0.15) is 5.10 Å². The van der Waals surface area contributed by atoms with Crippen LogP contribution in [0.15, 0.2) is 59.7 Å². The van der Waals surface area contributed by atoms with E-state index in [1.165, 1.54) is 12.1 Å². The molecular weight excluding hydrogens is 243 g/mol. The van der Waals surface area contributed by atoms with Crippen molar-refractivity contribution in [2.75, 3.05) is 0 Å². The predicted molar refractivity (Wildman–Crippen MR) is 72.5 cm³/mol. The zero-order valence-electron chi connectivity index (χ0n) is 10.4. The molecule has 0 saturated heterocycles. The Labute approximate surface area is 110 Å². The molecule has 4 heteroatoms. The lowest BCUT2D eigenvalue weighted by Gasteiger charge is -2.03. The van der Waals surface area contributed by atoms with Crippen molar-refractivity contribution in [1.82, 2.24) is 5.43 Å². The van der Waals surface area contributed by atoms with Gasteiger partial charge in [0.2, 0.25) is 0 Å². The van der Waals surface area contributed by atoms with Gasteiger partial charge in [0.25, 0.3) is 5.91 Å². The number of carbonyl (C=O) groups is 1. The van der Waals surface area contributed by atoms with Gasteiger partial charge in [0.05, 0.1) is 5.71 Å². The van der Waals surface area contributed by atoms with Gasteiger partial charge in [-0.05, 0) is 36.8 Å². The molecule has 0 saturated carbocycles. The number of halogens is 1. The highest BCUT2D eigenvalue weighted by Gasteiger charge is 2.03. The van der Waals surface area contributed by atoms with Crippen LogP contribution >= 0.6 is 0 Å². The predicted octanol–water partition coefficient (Wildman–Crippen LogP) is 2.98. The average molecular weight is 256 g/mol. The number of hydrogen-bond donors (Lipinski definition) is 1. The lowest BCUT2D eigenvalue weighted by molar-refractivity contribution is 0.0955. The summed E-state index contributed by atoms with van der Waals surface area (Å²) in [7, 11) is 0. The van der Waals surface area contributed by atoms with Gasteiger partial charge in [0.1, 0.15) is 5.82 Å². The second kappa shape index (κ2) is 5.91. The highest BCUT2D eigenvalue weighted by Crippen LogP contribution is 2.04. The Hall–Kier alpha value is -2.49. The summed E-state index contributed by atoms with van der Waals surface area (Å²) >= 11 is 0. The maximum Gasteiger partial charge on any atom is 0.271 e. The van der Waals surface area contributed by atoms with Gasteiger partial charge in [-0.25, -0.2) is 9.82 Å². The van der Waals surface area contributed by atoms with Crippen molar-refractivity contribution in [2.45, 2.75) is 6.92 Å². The number of nitrogens with zero attached hydrogens (tertiary/aromatic N) is 1. The van der Waals surface area contributed by atoms with Crippen molar-refractivity contribution in [2.24, 2.45) is 5.10 Å². The van der Waals surface area contributed by atoms with Crippen molar-refractivity contribution in [1.29, 1.82) is 0 Å². The summed E-state index contributed by atoms with van der Waals surface area (Å²) in [4.78, 5) is 11.8. The Morgan fingerprint density at radius 3 is 2.26 bits per heavy atom. The maximum absolute atomic E-state index is 12.8. The fourth-order valence-corrected chi connectivity index (χ4v) is 1.54. The van der Waals surface area contributed by atoms with Crippen LogP contribution < -0.4 is 5.43 Å². The van der Waals surface area contributed by atoms with Gasteiger partial charge >= 0.3 is 0 Å². The van der Waals surface area contributed by atoms with Gasteiger partial charge < -0.3 is 0 Å². The lowest BCUT2D eigenvalue weighted by Crippen LogP contribution is -2.19. The first-order valence-corrected chi connectivity index (χ1v) is 5.82. The molecule has 0 bridgehead atoms. The average Bonchev–Trinajstić information content (AvgIpc) is 2.46. The minimum Gasteiger partial charge on any atom is -0.267 e. The molecule has 2 rings (SSSR count). The Morgan fingerprint density at radius 1 is 1.00 bits per heavy atom. The van der Waals surface area contributed by atoms with Crippen LogP contribution in [-0.4, -0.2) is 11.6 Å².